The van der Waals surface area contributed by atoms with Gasteiger partial charge in [-0.25, -0.2) is 9.36 Å². The summed E-state index contributed by atoms with van der Waals surface area (Å²) in [6, 6.07) is 5.38. The van der Waals surface area contributed by atoms with Gasteiger partial charge in [-0.3, -0.25) is 19.0 Å². The Morgan fingerprint density at radius 1 is 1.07 bits per heavy atom. The van der Waals surface area contributed by atoms with Crippen LogP contribution in [0.3, 0.4) is 0 Å². The first-order valence-electron chi connectivity index (χ1n) is 9.20. The van der Waals surface area contributed by atoms with E-state index >= 15 is 0 Å². The van der Waals surface area contributed by atoms with Crippen LogP contribution >= 0.6 is 22.7 Å². The normalized spacial score (nSPS) is 12.1. The number of hydrogen-bond acceptors (Lipinski definition) is 6. The number of thiophene rings is 2. The highest BCUT2D eigenvalue weighted by Gasteiger charge is 2.18. The second-order valence-electron chi connectivity index (χ2n) is 6.63. The van der Waals surface area contributed by atoms with E-state index in [-0.39, 0.29) is 18.5 Å². The van der Waals surface area contributed by atoms with E-state index in [1.54, 1.807) is 11.4 Å². The molecule has 0 aliphatic rings. The van der Waals surface area contributed by atoms with Crippen molar-refractivity contribution >= 4 is 44.7 Å². The van der Waals surface area contributed by atoms with Crippen LogP contribution in [0, 0.1) is 0 Å². The van der Waals surface area contributed by atoms with Gasteiger partial charge in [-0.1, -0.05) is 13.0 Å². The molecule has 0 saturated heterocycles. The van der Waals surface area contributed by atoms with Crippen LogP contribution in [0.4, 0.5) is 0 Å². The zero-order valence-electron chi connectivity index (χ0n) is 16.1. The molecule has 8 nitrogen and oxygen atoms in total. The molecule has 2 N–H and O–H groups in total. The van der Waals surface area contributed by atoms with Gasteiger partial charge in [0, 0.05) is 10.9 Å². The molecule has 3 rings (SSSR count). The molecule has 0 aromatic carbocycles. The highest BCUT2D eigenvalue weighted by molar-refractivity contribution is 7.17. The molecule has 1 unspecified atom stereocenters. The van der Waals surface area contributed by atoms with Gasteiger partial charge in [0.2, 0.25) is 11.8 Å². The van der Waals surface area contributed by atoms with E-state index in [1.807, 2.05) is 31.4 Å². The Morgan fingerprint density at radius 3 is 2.52 bits per heavy atom. The lowest BCUT2D eigenvalue weighted by molar-refractivity contribution is -0.122. The number of carbonyl (C=O) groups excluding carboxylic acids is 2. The maximum Gasteiger partial charge on any atom is 0.332 e. The van der Waals surface area contributed by atoms with Crippen molar-refractivity contribution in [2.24, 2.45) is 0 Å². The van der Waals surface area contributed by atoms with Gasteiger partial charge in [-0.05, 0) is 36.2 Å². The van der Waals surface area contributed by atoms with Crippen LogP contribution in [-0.2, 0) is 29.2 Å². The predicted octanol–water partition coefficient (Wildman–Crippen LogP) is 1.52. The molecule has 0 bridgehead atoms. The number of nitrogens with one attached hydrogen (secondary N) is 2. The number of rotatable bonds is 8. The molecular weight excluding hydrogens is 412 g/mol. The first-order valence-corrected chi connectivity index (χ1v) is 11.0. The Hall–Kier alpha value is -2.72. The second-order valence-corrected chi connectivity index (χ2v) is 8.58. The average Bonchev–Trinajstić information content (AvgIpc) is 3.38. The van der Waals surface area contributed by atoms with Gasteiger partial charge < -0.3 is 10.6 Å². The van der Waals surface area contributed by atoms with Crippen molar-refractivity contribution in [3.05, 3.63) is 54.7 Å². The first-order chi connectivity index (χ1) is 13.9. The van der Waals surface area contributed by atoms with Crippen molar-refractivity contribution in [2.45, 2.75) is 45.9 Å². The lowest BCUT2D eigenvalue weighted by Crippen LogP contribution is -2.45. The molecule has 3 aromatic rings. The molecule has 0 saturated carbocycles. The van der Waals surface area contributed by atoms with Crippen LogP contribution < -0.4 is 21.9 Å². The Bertz CT molecular complexity index is 1130. The summed E-state index contributed by atoms with van der Waals surface area (Å²) in [5.74, 6) is -0.759. The van der Waals surface area contributed by atoms with E-state index in [0.29, 0.717) is 16.8 Å². The predicted molar refractivity (Wildman–Crippen MR) is 114 cm³/mol. The van der Waals surface area contributed by atoms with Crippen LogP contribution in [0.2, 0.25) is 0 Å². The Balaban J connectivity index is 1.87. The molecule has 29 heavy (non-hydrogen) atoms. The molecule has 0 aliphatic carbocycles. The fourth-order valence-electron chi connectivity index (χ4n) is 2.79. The Labute approximate surface area is 174 Å². The lowest BCUT2D eigenvalue weighted by Gasteiger charge is -2.14. The summed E-state index contributed by atoms with van der Waals surface area (Å²) >= 11 is 2.68. The minimum Gasteiger partial charge on any atom is -0.352 e. The zero-order chi connectivity index (χ0) is 21.0. The third-order valence-corrected chi connectivity index (χ3v) is 6.27. The molecule has 3 aromatic heterocycles. The number of hydrogen-bond donors (Lipinski definition) is 2. The minimum atomic E-state index is -0.675. The first kappa shape index (κ1) is 21.0. The SMILES string of the molecule is CCC(C)NC(=O)Cn1c(=O)n(CC(=O)NCc2cccs2)c(=O)c2sccc21. The van der Waals surface area contributed by atoms with Crippen molar-refractivity contribution in [3.8, 4) is 0 Å². The van der Waals surface area contributed by atoms with E-state index in [4.69, 9.17) is 0 Å². The largest absolute Gasteiger partial charge is 0.352 e. The van der Waals surface area contributed by atoms with Crippen molar-refractivity contribution in [1.29, 1.82) is 0 Å². The summed E-state index contributed by atoms with van der Waals surface area (Å²) in [5, 5.41) is 9.12. The number of amides is 2. The van der Waals surface area contributed by atoms with Gasteiger partial charge in [0.25, 0.3) is 5.56 Å². The summed E-state index contributed by atoms with van der Waals surface area (Å²) in [4.78, 5) is 51.3. The van der Waals surface area contributed by atoms with Crippen molar-refractivity contribution in [1.82, 2.24) is 19.8 Å². The van der Waals surface area contributed by atoms with Gasteiger partial charge in [0.1, 0.15) is 17.8 Å². The maximum atomic E-state index is 12.9. The molecule has 0 spiro atoms. The van der Waals surface area contributed by atoms with Crippen LogP contribution in [0.25, 0.3) is 10.2 Å². The number of nitrogens with zero attached hydrogens (tertiary/aromatic N) is 2. The Kier molecular flexibility index (Phi) is 6.65. The van der Waals surface area contributed by atoms with Crippen LogP contribution in [0.1, 0.15) is 25.1 Å². The number of carbonyl (C=O) groups is 2. The van der Waals surface area contributed by atoms with Gasteiger partial charge in [-0.2, -0.15) is 0 Å². The third-order valence-electron chi connectivity index (χ3n) is 4.50. The molecule has 0 radical (unpaired) electrons. The van der Waals surface area contributed by atoms with E-state index in [9.17, 15) is 19.2 Å². The lowest BCUT2D eigenvalue weighted by atomic mass is 10.2. The molecule has 0 fully saturated rings. The molecule has 1 atom stereocenters. The van der Waals surface area contributed by atoms with Crippen LogP contribution in [0.15, 0.2) is 38.5 Å². The van der Waals surface area contributed by atoms with E-state index in [0.717, 1.165) is 15.9 Å². The van der Waals surface area contributed by atoms with E-state index in [1.165, 1.54) is 27.2 Å². The molecule has 3 heterocycles. The standard InChI is InChI=1S/C19H22N4O4S2/c1-3-12(2)21-16(25)11-22-14-6-8-29-17(14)18(26)23(19(22)27)10-15(24)20-9-13-5-4-7-28-13/h4-8,12H,3,9-11H2,1-2H3,(H,20,24)(H,21,25). The third kappa shape index (κ3) is 4.83. The molecule has 154 valence electrons. The van der Waals surface area contributed by atoms with Crippen LogP contribution in [0.5, 0.6) is 0 Å². The fraction of sp³-hybridized carbons (Fsp3) is 0.368. The summed E-state index contributed by atoms with van der Waals surface area (Å²) in [7, 11) is 0. The summed E-state index contributed by atoms with van der Waals surface area (Å²) < 4.78 is 2.48. The van der Waals surface area contributed by atoms with Gasteiger partial charge >= 0.3 is 5.69 Å². The summed E-state index contributed by atoms with van der Waals surface area (Å²) in [6.45, 7) is 3.54. The van der Waals surface area contributed by atoms with E-state index in [2.05, 4.69) is 10.6 Å². The minimum absolute atomic E-state index is 0.0231. The number of aromatic nitrogens is 2. The van der Waals surface area contributed by atoms with E-state index < -0.39 is 23.7 Å². The summed E-state index contributed by atoms with van der Waals surface area (Å²) in [5.41, 5.74) is -0.795. The van der Waals surface area contributed by atoms with Gasteiger partial charge in [0.15, 0.2) is 0 Å². The van der Waals surface area contributed by atoms with Crippen molar-refractivity contribution < 1.29 is 9.59 Å². The monoisotopic (exact) mass is 434 g/mol. The highest BCUT2D eigenvalue weighted by Crippen LogP contribution is 2.15. The molecule has 2 amide bonds. The van der Waals surface area contributed by atoms with Gasteiger partial charge in [-0.15, -0.1) is 22.7 Å². The van der Waals surface area contributed by atoms with Crippen molar-refractivity contribution in [2.75, 3.05) is 0 Å². The topological polar surface area (TPSA) is 102 Å². The van der Waals surface area contributed by atoms with Gasteiger partial charge in [0.05, 0.1) is 12.1 Å². The molecule has 0 aliphatic heterocycles. The maximum absolute atomic E-state index is 12.9. The quantitative estimate of drug-likeness (QED) is 0.561. The van der Waals surface area contributed by atoms with Crippen molar-refractivity contribution in [3.63, 3.8) is 0 Å². The van der Waals surface area contributed by atoms with Crippen LogP contribution in [-0.4, -0.2) is 27.0 Å². The zero-order valence-corrected chi connectivity index (χ0v) is 17.8. The molecular formula is C19H22N4O4S2. The average molecular weight is 435 g/mol. The fourth-order valence-corrected chi connectivity index (χ4v) is 4.28. The smallest absolute Gasteiger partial charge is 0.332 e. The Morgan fingerprint density at radius 2 is 1.83 bits per heavy atom. The molecule has 10 heteroatoms. The highest BCUT2D eigenvalue weighted by atomic mass is 32.1. The summed E-state index contributed by atoms with van der Waals surface area (Å²) in [6.07, 6.45) is 0.762. The second kappa shape index (κ2) is 9.19. The number of fused-ring (bicyclic) bond motifs is 1.